The van der Waals surface area contributed by atoms with Gasteiger partial charge < -0.3 is 16.0 Å². The number of hydrogen-bond acceptors (Lipinski definition) is 4. The van der Waals surface area contributed by atoms with Gasteiger partial charge in [-0.3, -0.25) is 4.79 Å². The SMILES string of the molecule is CCN(CC(=O)NC(C)C)c1nc(C)cc(C)c1CN. The summed E-state index contributed by atoms with van der Waals surface area (Å²) in [6.45, 7) is 11.4. The van der Waals surface area contributed by atoms with Gasteiger partial charge in [-0.2, -0.15) is 0 Å². The van der Waals surface area contributed by atoms with Crippen molar-refractivity contribution < 1.29 is 4.79 Å². The fraction of sp³-hybridized carbons (Fsp3) is 0.600. The third kappa shape index (κ3) is 4.20. The third-order valence-corrected chi connectivity index (χ3v) is 3.12. The number of carbonyl (C=O) groups is 1. The minimum atomic E-state index is 0.00535. The van der Waals surface area contributed by atoms with Crippen molar-refractivity contribution in [3.05, 3.63) is 22.9 Å². The van der Waals surface area contributed by atoms with E-state index < -0.39 is 0 Å². The fourth-order valence-electron chi connectivity index (χ4n) is 2.23. The second-order valence-electron chi connectivity index (χ2n) is 5.32. The monoisotopic (exact) mass is 278 g/mol. The van der Waals surface area contributed by atoms with E-state index in [2.05, 4.69) is 10.3 Å². The Morgan fingerprint density at radius 2 is 2.10 bits per heavy atom. The van der Waals surface area contributed by atoms with Crippen molar-refractivity contribution in [2.75, 3.05) is 18.0 Å². The molecule has 0 saturated heterocycles. The molecule has 1 heterocycles. The average Bonchev–Trinajstić information content (AvgIpc) is 2.34. The number of nitrogens with zero attached hydrogens (tertiary/aromatic N) is 2. The summed E-state index contributed by atoms with van der Waals surface area (Å²) in [6.07, 6.45) is 0. The lowest BCUT2D eigenvalue weighted by atomic mass is 10.1. The molecular weight excluding hydrogens is 252 g/mol. The zero-order valence-electron chi connectivity index (χ0n) is 13.2. The molecule has 0 unspecified atom stereocenters. The summed E-state index contributed by atoms with van der Waals surface area (Å²) in [4.78, 5) is 18.5. The summed E-state index contributed by atoms with van der Waals surface area (Å²) in [5.74, 6) is 0.831. The number of hydrogen-bond donors (Lipinski definition) is 2. The van der Waals surface area contributed by atoms with Crippen LogP contribution in [0.3, 0.4) is 0 Å². The van der Waals surface area contributed by atoms with E-state index in [0.717, 1.165) is 22.6 Å². The Balaban J connectivity index is 3.03. The number of carbonyl (C=O) groups excluding carboxylic acids is 1. The summed E-state index contributed by atoms with van der Waals surface area (Å²) >= 11 is 0. The van der Waals surface area contributed by atoms with Gasteiger partial charge in [-0.1, -0.05) is 0 Å². The molecule has 0 atom stereocenters. The predicted octanol–water partition coefficient (Wildman–Crippen LogP) is 1.51. The number of nitrogens with one attached hydrogen (secondary N) is 1. The molecule has 5 heteroatoms. The van der Waals surface area contributed by atoms with Crippen molar-refractivity contribution in [2.24, 2.45) is 5.73 Å². The normalized spacial score (nSPS) is 10.8. The van der Waals surface area contributed by atoms with Gasteiger partial charge in [0.2, 0.25) is 5.91 Å². The Labute approximate surface area is 121 Å². The van der Waals surface area contributed by atoms with Crippen molar-refractivity contribution in [1.29, 1.82) is 0 Å². The second kappa shape index (κ2) is 7.24. The van der Waals surface area contributed by atoms with Crippen LogP contribution in [0.1, 0.15) is 37.6 Å². The van der Waals surface area contributed by atoms with Crippen molar-refractivity contribution in [3.63, 3.8) is 0 Å². The topological polar surface area (TPSA) is 71.2 Å². The number of amides is 1. The van der Waals surface area contributed by atoms with E-state index in [1.54, 1.807) is 0 Å². The van der Waals surface area contributed by atoms with Gasteiger partial charge in [0.25, 0.3) is 0 Å². The van der Waals surface area contributed by atoms with Crippen LogP contribution < -0.4 is 16.0 Å². The highest BCUT2D eigenvalue weighted by atomic mass is 16.2. The Hall–Kier alpha value is -1.62. The summed E-state index contributed by atoms with van der Waals surface area (Å²) in [6, 6.07) is 2.16. The van der Waals surface area contributed by atoms with Crippen molar-refractivity contribution in [1.82, 2.24) is 10.3 Å². The Morgan fingerprint density at radius 1 is 1.45 bits per heavy atom. The molecule has 0 aliphatic rings. The highest BCUT2D eigenvalue weighted by Crippen LogP contribution is 2.22. The van der Waals surface area contributed by atoms with Crippen LogP contribution >= 0.6 is 0 Å². The van der Waals surface area contributed by atoms with Crippen LogP contribution in [0.25, 0.3) is 0 Å². The molecule has 0 saturated carbocycles. The fourth-order valence-corrected chi connectivity index (χ4v) is 2.23. The molecule has 1 amide bonds. The van der Waals surface area contributed by atoms with Gasteiger partial charge in [-0.25, -0.2) is 4.98 Å². The van der Waals surface area contributed by atoms with E-state index in [9.17, 15) is 4.79 Å². The summed E-state index contributed by atoms with van der Waals surface area (Å²) in [5, 5.41) is 2.90. The van der Waals surface area contributed by atoms with Gasteiger partial charge in [-0.15, -0.1) is 0 Å². The van der Waals surface area contributed by atoms with Gasteiger partial charge in [-0.05, 0) is 46.2 Å². The molecule has 0 radical (unpaired) electrons. The van der Waals surface area contributed by atoms with E-state index in [-0.39, 0.29) is 11.9 Å². The molecule has 3 N–H and O–H groups in total. The number of aryl methyl sites for hydroxylation is 2. The van der Waals surface area contributed by atoms with Crippen molar-refractivity contribution in [3.8, 4) is 0 Å². The second-order valence-corrected chi connectivity index (χ2v) is 5.32. The molecule has 112 valence electrons. The number of rotatable bonds is 6. The maximum Gasteiger partial charge on any atom is 0.239 e. The molecule has 1 aromatic heterocycles. The molecule has 0 spiro atoms. The molecule has 1 rings (SSSR count). The first kappa shape index (κ1) is 16.4. The van der Waals surface area contributed by atoms with Gasteiger partial charge >= 0.3 is 0 Å². The molecule has 5 nitrogen and oxygen atoms in total. The van der Waals surface area contributed by atoms with Gasteiger partial charge in [0.1, 0.15) is 5.82 Å². The number of nitrogens with two attached hydrogens (primary N) is 1. The Bertz CT molecular complexity index is 471. The first-order chi connectivity index (χ1) is 9.38. The summed E-state index contributed by atoms with van der Waals surface area (Å²) in [7, 11) is 0. The highest BCUT2D eigenvalue weighted by molar-refractivity contribution is 5.81. The van der Waals surface area contributed by atoms with Gasteiger partial charge in [0.15, 0.2) is 0 Å². The summed E-state index contributed by atoms with van der Waals surface area (Å²) in [5.41, 5.74) is 8.91. The Kier molecular flexibility index (Phi) is 5.95. The van der Waals surface area contributed by atoms with Crippen LogP contribution in [0.2, 0.25) is 0 Å². The number of pyridine rings is 1. The maximum atomic E-state index is 12.0. The molecule has 0 aliphatic carbocycles. The first-order valence-corrected chi connectivity index (χ1v) is 7.10. The van der Waals surface area contributed by atoms with Crippen LogP contribution in [0.15, 0.2) is 6.07 Å². The maximum absolute atomic E-state index is 12.0. The van der Waals surface area contributed by atoms with E-state index in [1.807, 2.05) is 45.6 Å². The van der Waals surface area contributed by atoms with E-state index in [4.69, 9.17) is 5.73 Å². The lowest BCUT2D eigenvalue weighted by Gasteiger charge is -2.25. The first-order valence-electron chi connectivity index (χ1n) is 7.10. The predicted molar refractivity (Wildman–Crippen MR) is 82.8 cm³/mol. The van der Waals surface area contributed by atoms with Gasteiger partial charge in [0, 0.05) is 30.4 Å². The van der Waals surface area contributed by atoms with Crippen LogP contribution in [-0.2, 0) is 11.3 Å². The van der Waals surface area contributed by atoms with Gasteiger partial charge in [0.05, 0.1) is 6.54 Å². The molecule has 0 aromatic carbocycles. The molecule has 20 heavy (non-hydrogen) atoms. The largest absolute Gasteiger partial charge is 0.352 e. The zero-order chi connectivity index (χ0) is 15.3. The van der Waals surface area contributed by atoms with E-state index in [0.29, 0.717) is 19.6 Å². The minimum absolute atomic E-state index is 0.00535. The molecular formula is C15H26N4O. The highest BCUT2D eigenvalue weighted by Gasteiger charge is 2.16. The van der Waals surface area contributed by atoms with Crippen LogP contribution in [-0.4, -0.2) is 30.0 Å². The van der Waals surface area contributed by atoms with Crippen molar-refractivity contribution >= 4 is 11.7 Å². The number of likely N-dealkylation sites (N-methyl/N-ethyl adjacent to an activating group) is 1. The quantitative estimate of drug-likeness (QED) is 0.827. The van der Waals surface area contributed by atoms with Crippen LogP contribution in [0.4, 0.5) is 5.82 Å². The lowest BCUT2D eigenvalue weighted by molar-refractivity contribution is -0.120. The number of aromatic nitrogens is 1. The third-order valence-electron chi connectivity index (χ3n) is 3.12. The molecule has 0 fully saturated rings. The standard InChI is InChI=1S/C15H26N4O/c1-6-19(9-14(20)17-10(2)3)15-13(8-16)11(4)7-12(5)18-15/h7,10H,6,8-9,16H2,1-5H3,(H,17,20). The lowest BCUT2D eigenvalue weighted by Crippen LogP contribution is -2.41. The Morgan fingerprint density at radius 3 is 2.60 bits per heavy atom. The minimum Gasteiger partial charge on any atom is -0.352 e. The average molecular weight is 278 g/mol. The smallest absolute Gasteiger partial charge is 0.239 e. The number of anilines is 1. The molecule has 1 aromatic rings. The van der Waals surface area contributed by atoms with E-state index >= 15 is 0 Å². The molecule has 0 aliphatic heterocycles. The zero-order valence-corrected chi connectivity index (χ0v) is 13.2. The molecule has 0 bridgehead atoms. The van der Waals surface area contributed by atoms with E-state index in [1.165, 1.54) is 0 Å². The van der Waals surface area contributed by atoms with Crippen LogP contribution in [0.5, 0.6) is 0 Å². The van der Waals surface area contributed by atoms with Crippen molar-refractivity contribution in [2.45, 2.75) is 47.2 Å². The van der Waals surface area contributed by atoms with Crippen LogP contribution in [0, 0.1) is 13.8 Å². The summed E-state index contributed by atoms with van der Waals surface area (Å²) < 4.78 is 0.